The zero-order valence-electron chi connectivity index (χ0n) is 14.4. The van der Waals surface area contributed by atoms with Gasteiger partial charge in [0.15, 0.2) is 0 Å². The van der Waals surface area contributed by atoms with Crippen molar-refractivity contribution in [3.8, 4) is 11.4 Å². The molecule has 1 N–H and O–H groups in total. The van der Waals surface area contributed by atoms with E-state index in [9.17, 15) is 13.2 Å². The lowest BCUT2D eigenvalue weighted by Gasteiger charge is -2.19. The molecule has 23 heavy (non-hydrogen) atoms. The number of rotatable bonds is 1. The van der Waals surface area contributed by atoms with E-state index in [1.54, 1.807) is 12.3 Å². The van der Waals surface area contributed by atoms with E-state index < -0.39 is 17.2 Å². The smallest absolute Gasteiger partial charge is 0.356 e. The van der Waals surface area contributed by atoms with Gasteiger partial charge in [-0.3, -0.25) is 4.98 Å². The van der Waals surface area contributed by atoms with Crippen LogP contribution in [0.15, 0.2) is 24.4 Å². The van der Waals surface area contributed by atoms with Gasteiger partial charge in [0.2, 0.25) is 0 Å². The Kier molecular flexibility index (Phi) is 4.12. The Balaban J connectivity index is 2.66. The lowest BCUT2D eigenvalue weighted by molar-refractivity contribution is -0.137. The minimum atomic E-state index is -4.42. The summed E-state index contributed by atoms with van der Waals surface area (Å²) in [6, 6.07) is 4.76. The van der Waals surface area contributed by atoms with Crippen LogP contribution in [0.3, 0.4) is 0 Å². The number of aromatic amines is 1. The second-order valence-corrected chi connectivity index (χ2v) is 7.90. The second kappa shape index (κ2) is 5.39. The van der Waals surface area contributed by atoms with Gasteiger partial charge < -0.3 is 4.98 Å². The van der Waals surface area contributed by atoms with Crippen molar-refractivity contribution in [2.24, 2.45) is 0 Å². The van der Waals surface area contributed by atoms with Gasteiger partial charge in [0, 0.05) is 17.3 Å². The number of nitrogens with one attached hydrogen (secondary N) is 1. The molecule has 0 radical (unpaired) electrons. The average molecular weight is 324 g/mol. The maximum Gasteiger partial charge on any atom is 0.418 e. The molecule has 0 unspecified atom stereocenters. The molecule has 0 saturated carbocycles. The van der Waals surface area contributed by atoms with Gasteiger partial charge in [0.05, 0.1) is 17.0 Å². The molecule has 2 rings (SSSR count). The molecule has 0 fully saturated rings. The summed E-state index contributed by atoms with van der Waals surface area (Å²) in [5.74, 6) is 0. The van der Waals surface area contributed by atoms with Crippen molar-refractivity contribution in [1.82, 2.24) is 9.97 Å². The van der Waals surface area contributed by atoms with Crippen molar-refractivity contribution < 1.29 is 13.2 Å². The third-order valence-corrected chi connectivity index (χ3v) is 3.81. The topological polar surface area (TPSA) is 28.7 Å². The highest BCUT2D eigenvalue weighted by Gasteiger charge is 2.37. The van der Waals surface area contributed by atoms with Crippen molar-refractivity contribution in [1.29, 1.82) is 0 Å². The summed E-state index contributed by atoms with van der Waals surface area (Å²) in [5, 5.41) is 0. The first-order valence-electron chi connectivity index (χ1n) is 7.58. The van der Waals surface area contributed by atoms with Crippen LogP contribution in [0.5, 0.6) is 0 Å². The molecule has 126 valence electrons. The molecular weight excluding hydrogens is 301 g/mol. The Labute approximate surface area is 135 Å². The van der Waals surface area contributed by atoms with Crippen LogP contribution in [-0.2, 0) is 17.0 Å². The fraction of sp³-hybridized carbons (Fsp3) is 0.500. The summed E-state index contributed by atoms with van der Waals surface area (Å²) in [5.41, 5.74) is 0.621. The first kappa shape index (κ1) is 17.6. The van der Waals surface area contributed by atoms with E-state index in [1.807, 2.05) is 47.6 Å². The average Bonchev–Trinajstić information content (AvgIpc) is 2.82. The summed E-state index contributed by atoms with van der Waals surface area (Å²) in [4.78, 5) is 7.10. The predicted octanol–water partition coefficient (Wildman–Crippen LogP) is 5.69. The molecule has 0 saturated heterocycles. The first-order chi connectivity index (χ1) is 10.3. The van der Waals surface area contributed by atoms with Gasteiger partial charge in [-0.15, -0.1) is 0 Å². The number of nitrogens with zero attached hydrogens (tertiary/aromatic N) is 1. The lowest BCUT2D eigenvalue weighted by Crippen LogP contribution is -2.12. The van der Waals surface area contributed by atoms with E-state index in [0.717, 1.165) is 5.56 Å². The van der Waals surface area contributed by atoms with Gasteiger partial charge in [0.25, 0.3) is 0 Å². The van der Waals surface area contributed by atoms with Gasteiger partial charge in [-0.05, 0) is 29.2 Å². The summed E-state index contributed by atoms with van der Waals surface area (Å²) < 4.78 is 40.3. The summed E-state index contributed by atoms with van der Waals surface area (Å²) in [6.45, 7) is 11.7. The minimum Gasteiger partial charge on any atom is -0.356 e. The normalized spacial score (nSPS) is 13.4. The Bertz CT molecular complexity index is 698. The van der Waals surface area contributed by atoms with Crippen molar-refractivity contribution in [2.45, 2.75) is 58.5 Å². The molecule has 0 aliphatic carbocycles. The van der Waals surface area contributed by atoms with Crippen LogP contribution in [0.2, 0.25) is 0 Å². The quantitative estimate of drug-likeness (QED) is 0.717. The molecule has 2 heterocycles. The van der Waals surface area contributed by atoms with Crippen LogP contribution in [0.4, 0.5) is 13.2 Å². The monoisotopic (exact) mass is 324 g/mol. The molecule has 0 aromatic carbocycles. The third-order valence-electron chi connectivity index (χ3n) is 3.81. The number of alkyl halides is 3. The molecule has 2 aromatic rings. The molecule has 0 amide bonds. The van der Waals surface area contributed by atoms with Gasteiger partial charge in [0.1, 0.15) is 0 Å². The van der Waals surface area contributed by atoms with Crippen LogP contribution in [-0.4, -0.2) is 9.97 Å². The Morgan fingerprint density at radius 1 is 0.913 bits per heavy atom. The minimum absolute atomic E-state index is 0.0357. The van der Waals surface area contributed by atoms with Gasteiger partial charge in [-0.25, -0.2) is 0 Å². The van der Waals surface area contributed by atoms with Crippen molar-refractivity contribution in [3.63, 3.8) is 0 Å². The van der Waals surface area contributed by atoms with Crippen LogP contribution >= 0.6 is 0 Å². The summed E-state index contributed by atoms with van der Waals surface area (Å²) in [7, 11) is 0. The molecule has 0 spiro atoms. The van der Waals surface area contributed by atoms with E-state index in [-0.39, 0.29) is 11.1 Å². The first-order valence-corrected chi connectivity index (χ1v) is 7.58. The summed E-state index contributed by atoms with van der Waals surface area (Å²) in [6.07, 6.45) is -2.86. The molecule has 2 nitrogen and oxygen atoms in total. The zero-order chi connectivity index (χ0) is 17.6. The maximum absolute atomic E-state index is 13.4. The molecule has 0 bridgehead atoms. The van der Waals surface area contributed by atoms with E-state index in [0.29, 0.717) is 11.4 Å². The molecule has 5 heteroatoms. The number of halogens is 3. The SMILES string of the molecule is CC(C)(C)c1ccnc(-c2[nH]c(C(C)(C)C)cc2C(F)(F)F)c1. The van der Waals surface area contributed by atoms with Crippen LogP contribution < -0.4 is 0 Å². The fourth-order valence-corrected chi connectivity index (χ4v) is 2.32. The van der Waals surface area contributed by atoms with Crippen molar-refractivity contribution in [3.05, 3.63) is 41.2 Å². The number of hydrogen-bond donors (Lipinski definition) is 1. The third kappa shape index (κ3) is 3.77. The Morgan fingerprint density at radius 2 is 1.52 bits per heavy atom. The molecule has 2 aromatic heterocycles. The largest absolute Gasteiger partial charge is 0.418 e. The van der Waals surface area contributed by atoms with Crippen LogP contribution in [0, 0.1) is 0 Å². The highest BCUT2D eigenvalue weighted by atomic mass is 19.4. The standard InChI is InChI=1S/C18H23F3N2/c1-16(2,3)11-7-8-22-13(9-11)15-12(18(19,20)21)10-14(23-15)17(4,5)6/h7-10,23H,1-6H3. The van der Waals surface area contributed by atoms with Crippen LogP contribution in [0.1, 0.15) is 58.4 Å². The lowest BCUT2D eigenvalue weighted by atomic mass is 9.87. The summed E-state index contributed by atoms with van der Waals surface area (Å²) >= 11 is 0. The second-order valence-electron chi connectivity index (χ2n) is 7.90. The maximum atomic E-state index is 13.4. The van der Waals surface area contributed by atoms with Gasteiger partial charge >= 0.3 is 6.18 Å². The zero-order valence-corrected chi connectivity index (χ0v) is 14.4. The number of hydrogen-bond acceptors (Lipinski definition) is 1. The van der Waals surface area contributed by atoms with E-state index in [4.69, 9.17) is 0 Å². The Hall–Kier alpha value is -1.78. The number of pyridine rings is 1. The van der Waals surface area contributed by atoms with Crippen LogP contribution in [0.25, 0.3) is 11.4 Å². The molecule has 0 aliphatic rings. The van der Waals surface area contributed by atoms with E-state index in [1.165, 1.54) is 6.07 Å². The predicted molar refractivity (Wildman–Crippen MR) is 86.4 cm³/mol. The Morgan fingerprint density at radius 3 is 2.00 bits per heavy atom. The van der Waals surface area contributed by atoms with Crippen molar-refractivity contribution in [2.75, 3.05) is 0 Å². The number of aromatic nitrogens is 2. The molecule has 0 aliphatic heterocycles. The molecule has 0 atom stereocenters. The molecular formula is C18H23F3N2. The van der Waals surface area contributed by atoms with Crippen molar-refractivity contribution >= 4 is 0 Å². The number of H-pyrrole nitrogens is 1. The van der Waals surface area contributed by atoms with Gasteiger partial charge in [-0.1, -0.05) is 41.5 Å². The fourth-order valence-electron chi connectivity index (χ4n) is 2.32. The highest BCUT2D eigenvalue weighted by Crippen LogP contribution is 2.39. The van der Waals surface area contributed by atoms with Gasteiger partial charge in [-0.2, -0.15) is 13.2 Å². The highest BCUT2D eigenvalue weighted by molar-refractivity contribution is 5.63. The van der Waals surface area contributed by atoms with E-state index in [2.05, 4.69) is 9.97 Å². The van der Waals surface area contributed by atoms with E-state index >= 15 is 0 Å².